The Morgan fingerprint density at radius 2 is 2.23 bits per heavy atom. The van der Waals surface area contributed by atoms with E-state index in [1.165, 1.54) is 12.8 Å². The second-order valence-electron chi connectivity index (χ2n) is 3.58. The van der Waals surface area contributed by atoms with E-state index in [4.69, 9.17) is 5.26 Å². The maximum atomic E-state index is 11.4. The number of hydrogen-bond acceptors (Lipinski definition) is 2. The van der Waals surface area contributed by atoms with E-state index in [-0.39, 0.29) is 5.91 Å². The molecular formula is C10H16N2O. The summed E-state index contributed by atoms with van der Waals surface area (Å²) < 4.78 is 0. The van der Waals surface area contributed by atoms with Gasteiger partial charge in [-0.2, -0.15) is 5.26 Å². The zero-order valence-electron chi connectivity index (χ0n) is 8.05. The number of rotatable bonds is 3. The molecule has 1 amide bonds. The van der Waals surface area contributed by atoms with Crippen LogP contribution in [0.5, 0.6) is 0 Å². The molecule has 1 aliphatic carbocycles. The minimum atomic E-state index is -0.458. The van der Waals surface area contributed by atoms with E-state index in [0.717, 1.165) is 12.8 Å². The smallest absolute Gasteiger partial charge is 0.237 e. The van der Waals surface area contributed by atoms with Gasteiger partial charge in [-0.3, -0.25) is 4.79 Å². The molecule has 1 N–H and O–H groups in total. The molecule has 13 heavy (non-hydrogen) atoms. The fraction of sp³-hybridized carbons (Fsp3) is 0.800. The highest BCUT2D eigenvalue weighted by Gasteiger charge is 2.21. The Bertz CT molecular complexity index is 213. The fourth-order valence-corrected chi connectivity index (χ4v) is 1.71. The van der Waals surface area contributed by atoms with Crippen LogP contribution in [0.25, 0.3) is 0 Å². The molecule has 1 rings (SSSR count). The van der Waals surface area contributed by atoms with Crippen LogP contribution in [0.4, 0.5) is 0 Å². The van der Waals surface area contributed by atoms with Crippen LogP contribution in [0, 0.1) is 17.2 Å². The Labute approximate surface area is 79.1 Å². The van der Waals surface area contributed by atoms with E-state index in [0.29, 0.717) is 12.5 Å². The predicted molar refractivity (Wildman–Crippen MR) is 49.8 cm³/mol. The summed E-state index contributed by atoms with van der Waals surface area (Å²) in [5, 5.41) is 11.6. The molecule has 0 heterocycles. The molecule has 0 aromatic carbocycles. The van der Waals surface area contributed by atoms with Crippen molar-refractivity contribution in [3.63, 3.8) is 0 Å². The summed E-state index contributed by atoms with van der Waals surface area (Å²) in [5.74, 6) is -0.544. The van der Waals surface area contributed by atoms with Gasteiger partial charge < -0.3 is 5.32 Å². The van der Waals surface area contributed by atoms with Crippen molar-refractivity contribution in [1.29, 1.82) is 5.26 Å². The molecule has 3 heteroatoms. The first-order valence-corrected chi connectivity index (χ1v) is 4.98. The van der Waals surface area contributed by atoms with Crippen LogP contribution in [0.2, 0.25) is 0 Å². The van der Waals surface area contributed by atoms with Gasteiger partial charge in [0.2, 0.25) is 5.91 Å². The third-order valence-electron chi connectivity index (χ3n) is 2.58. The molecule has 1 fully saturated rings. The van der Waals surface area contributed by atoms with Crippen LogP contribution >= 0.6 is 0 Å². The van der Waals surface area contributed by atoms with Gasteiger partial charge in [0.15, 0.2) is 0 Å². The SMILES string of the molecule is CCC(C#N)C(=O)NC1CCCC1. The first-order chi connectivity index (χ1) is 6.27. The van der Waals surface area contributed by atoms with Gasteiger partial charge in [-0.05, 0) is 19.3 Å². The van der Waals surface area contributed by atoms with Crippen molar-refractivity contribution in [3.8, 4) is 6.07 Å². The normalized spacial score (nSPS) is 19.4. The lowest BCUT2D eigenvalue weighted by Crippen LogP contribution is -2.36. The lowest BCUT2D eigenvalue weighted by molar-refractivity contribution is -0.124. The van der Waals surface area contributed by atoms with Gasteiger partial charge in [0.05, 0.1) is 6.07 Å². The molecule has 3 nitrogen and oxygen atoms in total. The van der Waals surface area contributed by atoms with Gasteiger partial charge in [0, 0.05) is 6.04 Å². The van der Waals surface area contributed by atoms with Crippen LogP contribution in [-0.4, -0.2) is 11.9 Å². The number of nitrogens with one attached hydrogen (secondary N) is 1. The number of nitrogens with zero attached hydrogens (tertiary/aromatic N) is 1. The van der Waals surface area contributed by atoms with Crippen LogP contribution in [-0.2, 0) is 4.79 Å². The Hall–Kier alpha value is -1.04. The molecule has 72 valence electrons. The average Bonchev–Trinajstić information content (AvgIpc) is 2.59. The van der Waals surface area contributed by atoms with Gasteiger partial charge in [0.25, 0.3) is 0 Å². The lowest BCUT2D eigenvalue weighted by atomic mass is 10.1. The number of carbonyl (C=O) groups is 1. The highest BCUT2D eigenvalue weighted by Crippen LogP contribution is 2.18. The first kappa shape index (κ1) is 10.0. The third-order valence-corrected chi connectivity index (χ3v) is 2.58. The molecule has 1 aliphatic rings. The van der Waals surface area contributed by atoms with Crippen molar-refractivity contribution in [1.82, 2.24) is 5.32 Å². The molecular weight excluding hydrogens is 164 g/mol. The van der Waals surface area contributed by atoms with Gasteiger partial charge in [0.1, 0.15) is 5.92 Å². The van der Waals surface area contributed by atoms with Crippen LogP contribution < -0.4 is 5.32 Å². The van der Waals surface area contributed by atoms with E-state index in [1.54, 1.807) is 0 Å². The molecule has 1 unspecified atom stereocenters. The van der Waals surface area contributed by atoms with Crippen molar-refractivity contribution in [2.45, 2.75) is 45.1 Å². The van der Waals surface area contributed by atoms with Crippen LogP contribution in [0.3, 0.4) is 0 Å². The molecule has 0 radical (unpaired) electrons. The summed E-state index contributed by atoms with van der Waals surface area (Å²) in [6.45, 7) is 1.86. The van der Waals surface area contributed by atoms with E-state index >= 15 is 0 Å². The minimum absolute atomic E-state index is 0.0862. The summed E-state index contributed by atoms with van der Waals surface area (Å²) in [7, 11) is 0. The minimum Gasteiger partial charge on any atom is -0.352 e. The summed E-state index contributed by atoms with van der Waals surface area (Å²) in [5.41, 5.74) is 0. The number of nitriles is 1. The Morgan fingerprint density at radius 1 is 1.62 bits per heavy atom. The molecule has 1 saturated carbocycles. The van der Waals surface area contributed by atoms with Crippen molar-refractivity contribution in [2.24, 2.45) is 5.92 Å². The summed E-state index contributed by atoms with van der Waals surface area (Å²) in [4.78, 5) is 11.4. The van der Waals surface area contributed by atoms with Crippen molar-refractivity contribution < 1.29 is 4.79 Å². The van der Waals surface area contributed by atoms with Crippen molar-refractivity contribution in [2.75, 3.05) is 0 Å². The molecule has 0 bridgehead atoms. The first-order valence-electron chi connectivity index (χ1n) is 4.98. The highest BCUT2D eigenvalue weighted by molar-refractivity contribution is 5.81. The number of carbonyl (C=O) groups excluding carboxylic acids is 1. The lowest BCUT2D eigenvalue weighted by Gasteiger charge is -2.13. The second-order valence-corrected chi connectivity index (χ2v) is 3.58. The zero-order chi connectivity index (χ0) is 9.68. The largest absolute Gasteiger partial charge is 0.352 e. The average molecular weight is 180 g/mol. The quantitative estimate of drug-likeness (QED) is 0.717. The Morgan fingerprint density at radius 3 is 2.69 bits per heavy atom. The van der Waals surface area contributed by atoms with E-state index in [2.05, 4.69) is 5.32 Å². The van der Waals surface area contributed by atoms with Crippen molar-refractivity contribution in [3.05, 3.63) is 0 Å². The molecule has 0 aromatic heterocycles. The number of amides is 1. The summed E-state index contributed by atoms with van der Waals surface area (Å²) in [6, 6.07) is 2.34. The standard InChI is InChI=1S/C10H16N2O/c1-2-8(7-11)10(13)12-9-5-3-4-6-9/h8-9H,2-6H2,1H3,(H,12,13). The van der Waals surface area contributed by atoms with E-state index in [1.807, 2.05) is 13.0 Å². The molecule has 0 aliphatic heterocycles. The summed E-state index contributed by atoms with van der Waals surface area (Å²) in [6.07, 6.45) is 5.17. The summed E-state index contributed by atoms with van der Waals surface area (Å²) >= 11 is 0. The van der Waals surface area contributed by atoms with E-state index < -0.39 is 5.92 Å². The van der Waals surface area contributed by atoms with Crippen LogP contribution in [0.1, 0.15) is 39.0 Å². The van der Waals surface area contributed by atoms with Crippen molar-refractivity contribution >= 4 is 5.91 Å². The van der Waals surface area contributed by atoms with Crippen LogP contribution in [0.15, 0.2) is 0 Å². The third kappa shape index (κ3) is 2.73. The predicted octanol–water partition coefficient (Wildman–Crippen LogP) is 1.59. The zero-order valence-corrected chi connectivity index (χ0v) is 8.05. The van der Waals surface area contributed by atoms with Gasteiger partial charge in [-0.15, -0.1) is 0 Å². The van der Waals surface area contributed by atoms with E-state index in [9.17, 15) is 4.79 Å². The maximum Gasteiger partial charge on any atom is 0.237 e. The fourth-order valence-electron chi connectivity index (χ4n) is 1.71. The van der Waals surface area contributed by atoms with Gasteiger partial charge >= 0.3 is 0 Å². The number of hydrogen-bond donors (Lipinski definition) is 1. The monoisotopic (exact) mass is 180 g/mol. The highest BCUT2D eigenvalue weighted by atomic mass is 16.1. The molecule has 0 aromatic rings. The Balaban J connectivity index is 2.35. The Kier molecular flexibility index (Phi) is 3.75. The molecule has 0 spiro atoms. The van der Waals surface area contributed by atoms with Gasteiger partial charge in [-0.1, -0.05) is 19.8 Å². The maximum absolute atomic E-state index is 11.4. The van der Waals surface area contributed by atoms with Gasteiger partial charge in [-0.25, -0.2) is 0 Å². The second kappa shape index (κ2) is 4.86. The molecule has 1 atom stereocenters. The topological polar surface area (TPSA) is 52.9 Å². The molecule has 0 saturated heterocycles.